The van der Waals surface area contributed by atoms with Gasteiger partial charge in [-0.2, -0.15) is 0 Å². The number of benzene rings is 1. The number of pyridine rings is 1. The molecule has 2 rings (SSSR count). The zero-order valence-electron chi connectivity index (χ0n) is 6.26. The van der Waals surface area contributed by atoms with Gasteiger partial charge in [0.15, 0.2) is 0 Å². The largest absolute Gasteiger partial charge is 0.252 e. The minimum Gasteiger partial charge on any atom is -0.252 e. The lowest BCUT2D eigenvalue weighted by Crippen LogP contribution is -1.81. The Labute approximate surface area is 65.7 Å². The van der Waals surface area contributed by atoms with Crippen molar-refractivity contribution in [3.8, 4) is 0 Å². The average Bonchev–Trinajstić information content (AvgIpc) is 2.04. The lowest BCUT2D eigenvalue weighted by atomic mass is 10.2. The van der Waals surface area contributed by atoms with Crippen molar-refractivity contribution in [3.63, 3.8) is 0 Å². The van der Waals surface area contributed by atoms with Crippen LogP contribution >= 0.6 is 0 Å². The van der Waals surface area contributed by atoms with E-state index in [-0.39, 0.29) is 0 Å². The molecule has 0 atom stereocenters. The third-order valence-corrected chi connectivity index (χ3v) is 1.60. The Morgan fingerprint density at radius 2 is 2.27 bits per heavy atom. The van der Waals surface area contributed by atoms with Gasteiger partial charge in [-0.3, -0.25) is 4.98 Å². The molecule has 1 aromatic heterocycles. The van der Waals surface area contributed by atoms with Crippen molar-refractivity contribution in [2.75, 3.05) is 0 Å². The maximum atomic E-state index is 4.29. The minimum atomic E-state index is 0.928. The van der Waals surface area contributed by atoms with Gasteiger partial charge < -0.3 is 0 Å². The predicted molar refractivity (Wildman–Crippen MR) is 44.2 cm³/mol. The van der Waals surface area contributed by atoms with E-state index in [4.69, 9.17) is 0 Å². The molecule has 0 N–H and O–H groups in total. The van der Waals surface area contributed by atoms with Gasteiger partial charge in [-0.1, -0.05) is 12.1 Å². The van der Waals surface area contributed by atoms with E-state index in [0.717, 1.165) is 16.6 Å². The highest BCUT2D eigenvalue weighted by Crippen LogP contribution is 2.09. The van der Waals surface area contributed by atoms with Gasteiger partial charge in [-0.25, -0.2) is 0 Å². The van der Waals surface area contributed by atoms with Crippen molar-refractivity contribution < 1.29 is 0 Å². The van der Waals surface area contributed by atoms with Gasteiger partial charge in [0.2, 0.25) is 0 Å². The second kappa shape index (κ2) is 2.35. The van der Waals surface area contributed by atoms with Crippen LogP contribution in [0.5, 0.6) is 0 Å². The molecule has 2 radical (unpaired) electrons. The van der Waals surface area contributed by atoms with Crippen molar-refractivity contribution in [1.82, 2.24) is 4.98 Å². The maximum Gasteiger partial charge on any atom is 0.0711 e. The van der Waals surface area contributed by atoms with Gasteiger partial charge in [-0.05, 0) is 25.1 Å². The first-order chi connectivity index (χ1) is 5.36. The maximum absolute atomic E-state index is 4.29. The van der Waals surface area contributed by atoms with Crippen LogP contribution in [0.1, 0.15) is 5.69 Å². The smallest absolute Gasteiger partial charge is 0.0711 e. The van der Waals surface area contributed by atoms with Gasteiger partial charge in [-0.15, -0.1) is 0 Å². The standard InChI is InChI=1S/C10H7N/c1-8-6-7-9-4-2-3-5-10(9)11-8/h2,4-5,7H,1H3. The summed E-state index contributed by atoms with van der Waals surface area (Å²) in [5.74, 6) is 0. The molecule has 0 aliphatic carbocycles. The van der Waals surface area contributed by atoms with E-state index in [1.54, 1.807) is 0 Å². The van der Waals surface area contributed by atoms with Crippen LogP contribution in [0.25, 0.3) is 10.9 Å². The lowest BCUT2D eigenvalue weighted by Gasteiger charge is -1.95. The summed E-state index contributed by atoms with van der Waals surface area (Å²) in [5, 5.41) is 1.12. The van der Waals surface area contributed by atoms with Crippen LogP contribution in [-0.4, -0.2) is 4.98 Å². The zero-order valence-corrected chi connectivity index (χ0v) is 6.26. The van der Waals surface area contributed by atoms with E-state index in [1.807, 2.05) is 31.2 Å². The van der Waals surface area contributed by atoms with Crippen molar-refractivity contribution in [2.24, 2.45) is 0 Å². The fourth-order valence-electron chi connectivity index (χ4n) is 1.05. The predicted octanol–water partition coefficient (Wildman–Crippen LogP) is 2.14. The third kappa shape index (κ3) is 1.09. The van der Waals surface area contributed by atoms with Crippen LogP contribution in [0.15, 0.2) is 24.3 Å². The Balaban J connectivity index is 2.83. The number of aromatic nitrogens is 1. The zero-order chi connectivity index (χ0) is 7.68. The van der Waals surface area contributed by atoms with Crippen LogP contribution in [0, 0.1) is 19.1 Å². The molecule has 0 saturated carbocycles. The summed E-state index contributed by atoms with van der Waals surface area (Å²) in [5.41, 5.74) is 1.92. The number of fused-ring (bicyclic) bond motifs is 1. The van der Waals surface area contributed by atoms with Crippen LogP contribution in [0.4, 0.5) is 0 Å². The Bertz CT molecular complexity index is 379. The number of aryl methyl sites for hydroxylation is 1. The summed E-state index contributed by atoms with van der Waals surface area (Å²) in [7, 11) is 0. The quantitative estimate of drug-likeness (QED) is 0.547. The van der Waals surface area contributed by atoms with Crippen LogP contribution in [0.2, 0.25) is 0 Å². The molecule has 0 unspecified atom stereocenters. The van der Waals surface area contributed by atoms with Crippen LogP contribution in [-0.2, 0) is 0 Å². The van der Waals surface area contributed by atoms with E-state index < -0.39 is 0 Å². The normalized spacial score (nSPS) is 10.3. The first kappa shape index (κ1) is 6.35. The molecule has 52 valence electrons. The molecule has 0 aliphatic heterocycles. The molecule has 0 spiro atoms. The fourth-order valence-corrected chi connectivity index (χ4v) is 1.05. The highest BCUT2D eigenvalue weighted by molar-refractivity contribution is 5.77. The number of hydrogen-bond donors (Lipinski definition) is 0. The first-order valence-corrected chi connectivity index (χ1v) is 3.51. The summed E-state index contributed by atoms with van der Waals surface area (Å²) in [6.07, 6.45) is 0. The average molecular weight is 141 g/mol. The number of rotatable bonds is 0. The molecule has 0 fully saturated rings. The molecule has 1 nitrogen and oxygen atoms in total. The van der Waals surface area contributed by atoms with Crippen molar-refractivity contribution in [1.29, 1.82) is 0 Å². The van der Waals surface area contributed by atoms with Gasteiger partial charge in [0, 0.05) is 17.1 Å². The molecule has 0 amide bonds. The Hall–Kier alpha value is -1.37. The molecular weight excluding hydrogens is 134 g/mol. The summed E-state index contributed by atoms with van der Waals surface area (Å²) < 4.78 is 0. The third-order valence-electron chi connectivity index (χ3n) is 1.60. The van der Waals surface area contributed by atoms with Gasteiger partial charge in [0.1, 0.15) is 0 Å². The Morgan fingerprint density at radius 3 is 3.18 bits per heavy atom. The summed E-state index contributed by atoms with van der Waals surface area (Å²) in [6, 6.07) is 13.7. The van der Waals surface area contributed by atoms with Gasteiger partial charge in [0.25, 0.3) is 0 Å². The summed E-state index contributed by atoms with van der Waals surface area (Å²) >= 11 is 0. The van der Waals surface area contributed by atoms with Gasteiger partial charge >= 0.3 is 0 Å². The molecule has 1 aromatic carbocycles. The highest BCUT2D eigenvalue weighted by atomic mass is 14.7. The van der Waals surface area contributed by atoms with E-state index in [2.05, 4.69) is 17.1 Å². The minimum absolute atomic E-state index is 0.928. The SMILES string of the molecule is Cc1[c]cc2cc[c]cc2n1. The van der Waals surface area contributed by atoms with Crippen LogP contribution < -0.4 is 0 Å². The first-order valence-electron chi connectivity index (χ1n) is 3.51. The van der Waals surface area contributed by atoms with E-state index >= 15 is 0 Å². The van der Waals surface area contributed by atoms with E-state index in [9.17, 15) is 0 Å². The van der Waals surface area contributed by atoms with Crippen LogP contribution in [0.3, 0.4) is 0 Å². The molecule has 0 bridgehead atoms. The second-order valence-electron chi connectivity index (χ2n) is 2.47. The molecule has 1 heteroatoms. The fraction of sp³-hybridized carbons (Fsp3) is 0.100. The van der Waals surface area contributed by atoms with E-state index in [1.165, 1.54) is 0 Å². The number of nitrogens with zero attached hydrogens (tertiary/aromatic N) is 1. The van der Waals surface area contributed by atoms with Crippen molar-refractivity contribution in [2.45, 2.75) is 6.92 Å². The summed E-state index contributed by atoms with van der Waals surface area (Å²) in [4.78, 5) is 4.29. The molecular formula is C10H7N. The molecule has 0 saturated heterocycles. The lowest BCUT2D eigenvalue weighted by molar-refractivity contribution is 1.25. The Kier molecular flexibility index (Phi) is 1.35. The monoisotopic (exact) mass is 141 g/mol. The van der Waals surface area contributed by atoms with E-state index in [0.29, 0.717) is 0 Å². The summed E-state index contributed by atoms with van der Waals surface area (Å²) in [6.45, 7) is 1.94. The van der Waals surface area contributed by atoms with Crippen molar-refractivity contribution in [3.05, 3.63) is 42.1 Å². The van der Waals surface area contributed by atoms with Gasteiger partial charge in [0.05, 0.1) is 5.52 Å². The molecule has 1 heterocycles. The van der Waals surface area contributed by atoms with Crippen molar-refractivity contribution >= 4 is 10.9 Å². The Morgan fingerprint density at radius 1 is 1.36 bits per heavy atom. The second-order valence-corrected chi connectivity index (χ2v) is 2.47. The molecule has 11 heavy (non-hydrogen) atoms. The highest BCUT2D eigenvalue weighted by Gasteiger charge is 1.91. The topological polar surface area (TPSA) is 12.9 Å². The molecule has 2 aromatic rings. The molecule has 0 aliphatic rings. The number of hydrogen-bond acceptors (Lipinski definition) is 1.